The minimum atomic E-state index is -0.461. The normalized spacial score (nSPS) is 10.1. The van der Waals surface area contributed by atoms with E-state index in [0.29, 0.717) is 36.6 Å². The van der Waals surface area contributed by atoms with Gasteiger partial charge in [0.25, 0.3) is 5.91 Å². The second-order valence-corrected chi connectivity index (χ2v) is 6.32. The number of carbonyl (C=O) groups is 3. The third-order valence-corrected chi connectivity index (χ3v) is 4.04. The average molecular weight is 399 g/mol. The van der Waals surface area contributed by atoms with Crippen LogP contribution in [-0.2, 0) is 20.9 Å². The zero-order valence-electron chi connectivity index (χ0n) is 16.6. The van der Waals surface area contributed by atoms with Gasteiger partial charge < -0.3 is 19.5 Å². The van der Waals surface area contributed by atoms with Gasteiger partial charge in [0.1, 0.15) is 11.5 Å². The molecule has 0 atom stereocenters. The van der Waals surface area contributed by atoms with E-state index < -0.39 is 5.97 Å². The number of hydrogen-bond acceptors (Lipinski definition) is 6. The van der Waals surface area contributed by atoms with Crippen LogP contribution in [0.3, 0.4) is 0 Å². The van der Waals surface area contributed by atoms with Crippen LogP contribution in [0.4, 0.5) is 0 Å². The molecule has 0 radical (unpaired) electrons. The van der Waals surface area contributed by atoms with Gasteiger partial charge in [-0.15, -0.1) is 0 Å². The predicted octanol–water partition coefficient (Wildman–Crippen LogP) is 2.92. The maximum atomic E-state index is 11.8. The third-order valence-electron chi connectivity index (χ3n) is 4.04. The molecule has 0 bridgehead atoms. The van der Waals surface area contributed by atoms with Crippen molar-refractivity contribution in [1.82, 2.24) is 5.32 Å². The molecule has 154 valence electrons. The van der Waals surface area contributed by atoms with Crippen molar-refractivity contribution in [2.45, 2.75) is 26.3 Å². The summed E-state index contributed by atoms with van der Waals surface area (Å²) in [6.45, 7) is 1.83. The molecular formula is C22H25NO6. The van der Waals surface area contributed by atoms with Crippen LogP contribution in [0.1, 0.15) is 35.7 Å². The van der Waals surface area contributed by atoms with Crippen LogP contribution in [0.15, 0.2) is 48.5 Å². The Morgan fingerprint density at radius 3 is 2.45 bits per heavy atom. The highest BCUT2D eigenvalue weighted by Gasteiger charge is 2.08. The number of nitrogens with one attached hydrogen (secondary N) is 1. The van der Waals surface area contributed by atoms with E-state index in [1.54, 1.807) is 31.4 Å². The minimum absolute atomic E-state index is 0.00757. The number of methoxy groups -OCH3 is 1. The Morgan fingerprint density at radius 2 is 1.76 bits per heavy atom. The third kappa shape index (κ3) is 8.04. The number of rotatable bonds is 11. The first-order valence-corrected chi connectivity index (χ1v) is 9.27. The highest BCUT2D eigenvalue weighted by Crippen LogP contribution is 2.13. The van der Waals surface area contributed by atoms with Gasteiger partial charge in [-0.05, 0) is 55.3 Å². The number of carbonyl (C=O) groups excluding carboxylic acids is 3. The fourth-order valence-electron chi connectivity index (χ4n) is 2.44. The number of Topliss-reactive ketones (excluding diaryl/α,β-unsaturated/α-hetero) is 1. The number of hydrogen-bond donors (Lipinski definition) is 1. The van der Waals surface area contributed by atoms with Crippen molar-refractivity contribution in [2.24, 2.45) is 0 Å². The molecule has 0 fully saturated rings. The number of amides is 1. The maximum absolute atomic E-state index is 11.8. The van der Waals surface area contributed by atoms with Crippen molar-refractivity contribution in [2.75, 3.05) is 20.3 Å². The Morgan fingerprint density at radius 1 is 1.00 bits per heavy atom. The van der Waals surface area contributed by atoms with Crippen LogP contribution in [0.25, 0.3) is 0 Å². The number of benzene rings is 2. The zero-order valence-corrected chi connectivity index (χ0v) is 16.6. The molecule has 2 rings (SSSR count). The molecule has 0 saturated heterocycles. The fraction of sp³-hybridized carbons (Fsp3) is 0.318. The molecule has 2 aromatic rings. The molecule has 7 nitrogen and oxygen atoms in total. The average Bonchev–Trinajstić information content (AvgIpc) is 2.74. The lowest BCUT2D eigenvalue weighted by Gasteiger charge is -2.08. The largest absolute Gasteiger partial charge is 0.497 e. The molecule has 2 aromatic carbocycles. The Balaban J connectivity index is 1.59. The topological polar surface area (TPSA) is 90.9 Å². The van der Waals surface area contributed by atoms with Crippen molar-refractivity contribution in [3.8, 4) is 11.5 Å². The molecule has 1 amide bonds. The molecule has 1 N–H and O–H groups in total. The Hall–Kier alpha value is -3.35. The van der Waals surface area contributed by atoms with Crippen LogP contribution in [0.5, 0.6) is 11.5 Å². The highest BCUT2D eigenvalue weighted by molar-refractivity contribution is 5.94. The van der Waals surface area contributed by atoms with Gasteiger partial charge in [0.05, 0.1) is 13.7 Å². The van der Waals surface area contributed by atoms with Crippen molar-refractivity contribution in [3.05, 3.63) is 59.7 Å². The molecule has 7 heteroatoms. The molecule has 0 heterocycles. The summed E-state index contributed by atoms with van der Waals surface area (Å²) in [5.41, 5.74) is 1.50. The van der Waals surface area contributed by atoms with Crippen LogP contribution in [0, 0.1) is 0 Å². The molecule has 0 unspecified atom stereocenters. The van der Waals surface area contributed by atoms with E-state index in [2.05, 4.69) is 5.32 Å². The second kappa shape index (κ2) is 11.5. The summed E-state index contributed by atoms with van der Waals surface area (Å²) in [5.74, 6) is 0.493. The first-order valence-electron chi connectivity index (χ1n) is 9.27. The van der Waals surface area contributed by atoms with E-state index in [-0.39, 0.29) is 24.7 Å². The summed E-state index contributed by atoms with van der Waals surface area (Å²) < 4.78 is 15.6. The van der Waals surface area contributed by atoms with E-state index in [9.17, 15) is 14.4 Å². The Kier molecular flexibility index (Phi) is 8.69. The molecule has 29 heavy (non-hydrogen) atoms. The quantitative estimate of drug-likeness (QED) is 0.355. The standard InChI is InChI=1S/C22H25NO6/c1-16(24)18-8-10-19(11-9-18)28-12-4-7-22(26)29-15-21(25)23-14-17-5-3-6-20(13-17)27-2/h3,5-6,8-11,13H,4,7,12,14-15H2,1-2H3,(H,23,25). The summed E-state index contributed by atoms with van der Waals surface area (Å²) >= 11 is 0. The fourth-order valence-corrected chi connectivity index (χ4v) is 2.44. The van der Waals surface area contributed by atoms with Crippen molar-refractivity contribution in [1.29, 1.82) is 0 Å². The number of ether oxygens (including phenoxy) is 3. The maximum Gasteiger partial charge on any atom is 0.306 e. The van der Waals surface area contributed by atoms with Gasteiger partial charge >= 0.3 is 5.97 Å². The van der Waals surface area contributed by atoms with Gasteiger partial charge in [0.2, 0.25) is 0 Å². The van der Waals surface area contributed by atoms with Gasteiger partial charge in [-0.25, -0.2) is 0 Å². The summed E-state index contributed by atoms with van der Waals surface area (Å²) in [5, 5.41) is 2.69. The lowest BCUT2D eigenvalue weighted by Crippen LogP contribution is -2.28. The second-order valence-electron chi connectivity index (χ2n) is 6.32. The van der Waals surface area contributed by atoms with E-state index in [4.69, 9.17) is 14.2 Å². The monoisotopic (exact) mass is 399 g/mol. The lowest BCUT2D eigenvalue weighted by molar-refractivity contribution is -0.148. The van der Waals surface area contributed by atoms with E-state index >= 15 is 0 Å². The van der Waals surface area contributed by atoms with Crippen molar-refractivity contribution >= 4 is 17.7 Å². The zero-order chi connectivity index (χ0) is 21.1. The van der Waals surface area contributed by atoms with E-state index in [1.807, 2.05) is 24.3 Å². The predicted molar refractivity (Wildman–Crippen MR) is 107 cm³/mol. The van der Waals surface area contributed by atoms with Crippen molar-refractivity contribution < 1.29 is 28.6 Å². The lowest BCUT2D eigenvalue weighted by atomic mass is 10.1. The molecule has 0 aliphatic heterocycles. The smallest absolute Gasteiger partial charge is 0.306 e. The van der Waals surface area contributed by atoms with E-state index in [1.165, 1.54) is 6.92 Å². The summed E-state index contributed by atoms with van der Waals surface area (Å²) in [6, 6.07) is 14.1. The Labute approximate surface area is 170 Å². The summed E-state index contributed by atoms with van der Waals surface area (Å²) in [4.78, 5) is 34.7. The molecule has 0 aromatic heterocycles. The molecule has 0 spiro atoms. The first kappa shape index (κ1) is 21.9. The van der Waals surface area contributed by atoms with E-state index in [0.717, 1.165) is 5.56 Å². The van der Waals surface area contributed by atoms with Gasteiger partial charge in [-0.3, -0.25) is 14.4 Å². The molecule has 0 saturated carbocycles. The molecular weight excluding hydrogens is 374 g/mol. The summed E-state index contributed by atoms with van der Waals surface area (Å²) in [7, 11) is 1.58. The van der Waals surface area contributed by atoms with Gasteiger partial charge in [-0.2, -0.15) is 0 Å². The van der Waals surface area contributed by atoms with Crippen LogP contribution >= 0.6 is 0 Å². The highest BCUT2D eigenvalue weighted by atomic mass is 16.5. The first-order chi connectivity index (χ1) is 14.0. The van der Waals surface area contributed by atoms with Crippen LogP contribution in [-0.4, -0.2) is 38.0 Å². The SMILES string of the molecule is COc1cccc(CNC(=O)COC(=O)CCCOc2ccc(C(C)=O)cc2)c1. The van der Waals surface area contributed by atoms with Crippen LogP contribution < -0.4 is 14.8 Å². The van der Waals surface area contributed by atoms with Crippen molar-refractivity contribution in [3.63, 3.8) is 0 Å². The number of ketones is 1. The van der Waals surface area contributed by atoms with Crippen LogP contribution in [0.2, 0.25) is 0 Å². The minimum Gasteiger partial charge on any atom is -0.497 e. The summed E-state index contributed by atoms with van der Waals surface area (Å²) in [6.07, 6.45) is 0.605. The van der Waals surface area contributed by atoms with Gasteiger partial charge in [0, 0.05) is 18.5 Å². The van der Waals surface area contributed by atoms with Gasteiger partial charge in [-0.1, -0.05) is 12.1 Å². The molecule has 0 aliphatic carbocycles. The van der Waals surface area contributed by atoms with Gasteiger partial charge in [0.15, 0.2) is 12.4 Å². The number of esters is 1. The molecule has 0 aliphatic rings. The Bertz CT molecular complexity index is 831.